The molecule has 2 aromatic carbocycles. The van der Waals surface area contributed by atoms with E-state index in [1.54, 1.807) is 19.2 Å². The molecule has 23 heavy (non-hydrogen) atoms. The quantitative estimate of drug-likeness (QED) is 0.368. The molecule has 0 unspecified atom stereocenters. The molecule has 0 saturated heterocycles. The topological polar surface area (TPSA) is 44.8 Å². The Morgan fingerprint density at radius 1 is 1.00 bits per heavy atom. The van der Waals surface area contributed by atoms with E-state index in [2.05, 4.69) is 18.4 Å². The molecule has 0 aliphatic carbocycles. The van der Waals surface area contributed by atoms with E-state index in [0.29, 0.717) is 5.75 Å². The molecule has 4 nitrogen and oxygen atoms in total. The maximum absolute atomic E-state index is 10.9. The summed E-state index contributed by atoms with van der Waals surface area (Å²) >= 11 is 0. The van der Waals surface area contributed by atoms with Crippen molar-refractivity contribution in [3.8, 4) is 23.3 Å². The van der Waals surface area contributed by atoms with Crippen molar-refractivity contribution in [2.45, 2.75) is 0 Å². The van der Waals surface area contributed by atoms with Gasteiger partial charge in [-0.3, -0.25) is 0 Å². The molecule has 0 amide bonds. The summed E-state index contributed by atoms with van der Waals surface area (Å²) in [5, 5.41) is 0. The van der Waals surface area contributed by atoms with Crippen molar-refractivity contribution in [3.05, 3.63) is 72.3 Å². The second kappa shape index (κ2) is 8.30. The van der Waals surface area contributed by atoms with E-state index in [4.69, 9.17) is 14.2 Å². The average molecular weight is 308 g/mol. The summed E-state index contributed by atoms with van der Waals surface area (Å²) in [6.45, 7) is 3.15. The normalized spacial score (nSPS) is 9.26. The number of carbonyl (C=O) groups excluding carboxylic acids is 1. The van der Waals surface area contributed by atoms with E-state index in [9.17, 15) is 4.79 Å². The molecule has 0 aliphatic heterocycles. The van der Waals surface area contributed by atoms with Crippen molar-refractivity contribution in [2.75, 3.05) is 13.9 Å². The molecule has 2 rings (SSSR count). The number of methoxy groups -OCH3 is 1. The van der Waals surface area contributed by atoms with Gasteiger partial charge in [-0.05, 0) is 48.5 Å². The minimum Gasteiger partial charge on any atom is -0.497 e. The minimum absolute atomic E-state index is 0.151. The summed E-state index contributed by atoms with van der Waals surface area (Å²) in [5.41, 5.74) is 1.76. The second-order valence-corrected chi connectivity index (χ2v) is 4.43. The standard InChI is InChI=1S/C19H16O4/c1-3-19(20)23-14-22-18-12-8-16(9-13-18)5-4-15-6-10-17(21-2)11-7-15/h3,6-13H,1,14H2,2H3. The van der Waals surface area contributed by atoms with Crippen LogP contribution in [0.15, 0.2) is 61.2 Å². The Morgan fingerprint density at radius 3 is 2.00 bits per heavy atom. The maximum Gasteiger partial charge on any atom is 0.333 e. The Balaban J connectivity index is 1.93. The van der Waals surface area contributed by atoms with Gasteiger partial charge in [0, 0.05) is 17.2 Å². The Kier molecular flexibility index (Phi) is 5.84. The predicted octanol–water partition coefficient (Wildman–Crippen LogP) is 3.16. The van der Waals surface area contributed by atoms with Gasteiger partial charge in [-0.15, -0.1) is 0 Å². The van der Waals surface area contributed by atoms with Crippen molar-refractivity contribution in [1.82, 2.24) is 0 Å². The number of esters is 1. The molecule has 0 radical (unpaired) electrons. The van der Waals surface area contributed by atoms with E-state index < -0.39 is 5.97 Å². The molecule has 0 aromatic heterocycles. The lowest BCUT2D eigenvalue weighted by molar-refractivity contribution is -0.144. The zero-order chi connectivity index (χ0) is 16.5. The smallest absolute Gasteiger partial charge is 0.333 e. The number of rotatable bonds is 5. The fraction of sp³-hybridized carbons (Fsp3) is 0.105. The van der Waals surface area contributed by atoms with Gasteiger partial charge in [0.2, 0.25) is 6.79 Å². The second-order valence-electron chi connectivity index (χ2n) is 4.43. The lowest BCUT2D eigenvalue weighted by Gasteiger charge is -2.05. The zero-order valence-electron chi connectivity index (χ0n) is 12.7. The number of hydrogen-bond donors (Lipinski definition) is 0. The van der Waals surface area contributed by atoms with Crippen LogP contribution in [0.25, 0.3) is 0 Å². The highest BCUT2D eigenvalue weighted by molar-refractivity contribution is 5.81. The first-order valence-corrected chi connectivity index (χ1v) is 6.89. The first kappa shape index (κ1) is 16.2. The molecule has 116 valence electrons. The van der Waals surface area contributed by atoms with Crippen molar-refractivity contribution in [1.29, 1.82) is 0 Å². The van der Waals surface area contributed by atoms with Gasteiger partial charge in [0.1, 0.15) is 11.5 Å². The molecule has 0 N–H and O–H groups in total. The number of ether oxygens (including phenoxy) is 3. The summed E-state index contributed by atoms with van der Waals surface area (Å²) in [5.74, 6) is 7.01. The van der Waals surface area contributed by atoms with Crippen LogP contribution in [0.3, 0.4) is 0 Å². The maximum atomic E-state index is 10.9. The van der Waals surface area contributed by atoms with Gasteiger partial charge in [0.25, 0.3) is 0 Å². The fourth-order valence-electron chi connectivity index (χ4n) is 1.67. The first-order valence-electron chi connectivity index (χ1n) is 6.89. The van der Waals surface area contributed by atoms with Crippen molar-refractivity contribution >= 4 is 5.97 Å². The minimum atomic E-state index is -0.521. The van der Waals surface area contributed by atoms with Gasteiger partial charge in [0.05, 0.1) is 7.11 Å². The zero-order valence-corrected chi connectivity index (χ0v) is 12.7. The predicted molar refractivity (Wildman–Crippen MR) is 87.2 cm³/mol. The lowest BCUT2D eigenvalue weighted by atomic mass is 10.2. The molecule has 0 heterocycles. The number of hydrogen-bond acceptors (Lipinski definition) is 4. The molecular formula is C19H16O4. The van der Waals surface area contributed by atoms with Gasteiger partial charge < -0.3 is 14.2 Å². The monoisotopic (exact) mass is 308 g/mol. The third-order valence-corrected chi connectivity index (χ3v) is 2.89. The highest BCUT2D eigenvalue weighted by atomic mass is 16.7. The summed E-state index contributed by atoms with van der Waals surface area (Å²) in [4.78, 5) is 10.9. The number of carbonyl (C=O) groups is 1. The molecule has 0 atom stereocenters. The van der Waals surface area contributed by atoms with Crippen LogP contribution in [-0.2, 0) is 9.53 Å². The van der Waals surface area contributed by atoms with Crippen molar-refractivity contribution < 1.29 is 19.0 Å². The first-order chi connectivity index (χ1) is 11.2. The molecule has 0 saturated carbocycles. The molecule has 0 spiro atoms. The van der Waals surface area contributed by atoms with E-state index >= 15 is 0 Å². The van der Waals surface area contributed by atoms with E-state index in [1.165, 1.54) is 0 Å². The van der Waals surface area contributed by atoms with Crippen molar-refractivity contribution in [2.24, 2.45) is 0 Å². The Hall–Kier alpha value is -3.19. The van der Waals surface area contributed by atoms with Crippen LogP contribution in [0.1, 0.15) is 11.1 Å². The third-order valence-electron chi connectivity index (χ3n) is 2.89. The largest absolute Gasteiger partial charge is 0.497 e. The third kappa shape index (κ3) is 5.25. The molecule has 0 bridgehead atoms. The van der Waals surface area contributed by atoms with Crippen LogP contribution in [0.2, 0.25) is 0 Å². The van der Waals surface area contributed by atoms with Crippen LogP contribution in [0, 0.1) is 11.8 Å². The Morgan fingerprint density at radius 2 is 1.52 bits per heavy atom. The average Bonchev–Trinajstić information content (AvgIpc) is 2.61. The highest BCUT2D eigenvalue weighted by Crippen LogP contribution is 2.13. The Labute approximate surface area is 135 Å². The van der Waals surface area contributed by atoms with Gasteiger partial charge in [0.15, 0.2) is 0 Å². The van der Waals surface area contributed by atoms with Gasteiger partial charge in [-0.25, -0.2) is 4.79 Å². The molecule has 0 fully saturated rings. The van der Waals surface area contributed by atoms with Gasteiger partial charge in [-0.2, -0.15) is 0 Å². The van der Waals surface area contributed by atoms with E-state index in [0.717, 1.165) is 23.0 Å². The highest BCUT2D eigenvalue weighted by Gasteiger charge is 1.97. The summed E-state index contributed by atoms with van der Waals surface area (Å²) in [6.07, 6.45) is 1.08. The number of benzene rings is 2. The van der Waals surface area contributed by atoms with Crippen LogP contribution in [0.5, 0.6) is 11.5 Å². The van der Waals surface area contributed by atoms with E-state index in [-0.39, 0.29) is 6.79 Å². The lowest BCUT2D eigenvalue weighted by Crippen LogP contribution is -2.07. The summed E-state index contributed by atoms with van der Waals surface area (Å²) in [6, 6.07) is 14.7. The Bertz CT molecular complexity index is 719. The van der Waals surface area contributed by atoms with Crippen molar-refractivity contribution in [3.63, 3.8) is 0 Å². The van der Waals surface area contributed by atoms with E-state index in [1.807, 2.05) is 36.4 Å². The van der Waals surface area contributed by atoms with Crippen LogP contribution in [0.4, 0.5) is 0 Å². The van der Waals surface area contributed by atoms with Gasteiger partial charge >= 0.3 is 5.97 Å². The summed E-state index contributed by atoms with van der Waals surface area (Å²) in [7, 11) is 1.63. The molecule has 0 aliphatic rings. The van der Waals surface area contributed by atoms with Gasteiger partial charge in [-0.1, -0.05) is 18.4 Å². The van der Waals surface area contributed by atoms with Crippen LogP contribution >= 0.6 is 0 Å². The molecular weight excluding hydrogens is 292 g/mol. The fourth-order valence-corrected chi connectivity index (χ4v) is 1.67. The SMILES string of the molecule is C=CC(=O)OCOc1ccc(C#Cc2ccc(OC)cc2)cc1. The summed E-state index contributed by atoms with van der Waals surface area (Å²) < 4.78 is 15.1. The molecule has 2 aromatic rings. The molecule has 4 heteroatoms. The van der Waals surface area contributed by atoms with Crippen LogP contribution in [-0.4, -0.2) is 19.9 Å². The van der Waals surface area contributed by atoms with Crippen LogP contribution < -0.4 is 9.47 Å².